The standard InChI is InChI=1S/C13H19F2NO2/c1-3-16-8-10-6-5-7-11(17-4-2)13(10)18-9-12(14)15/h5-7,12,16H,3-4,8-9H2,1-2H3. The van der Waals surface area contributed by atoms with E-state index in [0.29, 0.717) is 24.7 Å². The van der Waals surface area contributed by atoms with Gasteiger partial charge in [0, 0.05) is 12.1 Å². The minimum atomic E-state index is -2.49. The van der Waals surface area contributed by atoms with Gasteiger partial charge in [0.25, 0.3) is 6.43 Å². The molecule has 0 saturated heterocycles. The van der Waals surface area contributed by atoms with Gasteiger partial charge in [-0.1, -0.05) is 19.1 Å². The Balaban J connectivity index is 2.88. The molecule has 0 aliphatic heterocycles. The fraction of sp³-hybridized carbons (Fsp3) is 0.538. The number of hydrogen-bond acceptors (Lipinski definition) is 3. The van der Waals surface area contributed by atoms with Crippen LogP contribution in [0.1, 0.15) is 19.4 Å². The molecule has 102 valence electrons. The molecule has 0 heterocycles. The van der Waals surface area contributed by atoms with Crippen molar-refractivity contribution in [1.82, 2.24) is 5.32 Å². The molecule has 0 aromatic heterocycles. The number of para-hydroxylation sites is 1. The second kappa shape index (κ2) is 7.87. The summed E-state index contributed by atoms with van der Waals surface area (Å²) in [5.41, 5.74) is 0.823. The van der Waals surface area contributed by atoms with E-state index in [1.165, 1.54) is 0 Å². The zero-order valence-electron chi connectivity index (χ0n) is 10.7. The topological polar surface area (TPSA) is 30.5 Å². The molecule has 18 heavy (non-hydrogen) atoms. The summed E-state index contributed by atoms with van der Waals surface area (Å²) in [5, 5.41) is 3.14. The van der Waals surface area contributed by atoms with Gasteiger partial charge < -0.3 is 14.8 Å². The molecule has 0 fully saturated rings. The van der Waals surface area contributed by atoms with Crippen molar-refractivity contribution >= 4 is 0 Å². The van der Waals surface area contributed by atoms with Gasteiger partial charge in [0.15, 0.2) is 11.5 Å². The highest BCUT2D eigenvalue weighted by atomic mass is 19.3. The second-order valence-corrected chi connectivity index (χ2v) is 3.66. The number of hydrogen-bond donors (Lipinski definition) is 1. The van der Waals surface area contributed by atoms with Crippen molar-refractivity contribution < 1.29 is 18.3 Å². The van der Waals surface area contributed by atoms with Crippen LogP contribution in [0.2, 0.25) is 0 Å². The Morgan fingerprint density at radius 1 is 1.22 bits per heavy atom. The molecule has 1 aromatic carbocycles. The third-order valence-electron chi connectivity index (χ3n) is 2.28. The number of nitrogens with one attached hydrogen (secondary N) is 1. The van der Waals surface area contributed by atoms with Gasteiger partial charge in [-0.2, -0.15) is 0 Å². The predicted octanol–water partition coefficient (Wildman–Crippen LogP) is 2.84. The quantitative estimate of drug-likeness (QED) is 0.778. The first-order valence-corrected chi connectivity index (χ1v) is 6.05. The van der Waals surface area contributed by atoms with Crippen molar-refractivity contribution in [2.45, 2.75) is 26.8 Å². The van der Waals surface area contributed by atoms with Crippen molar-refractivity contribution in [2.75, 3.05) is 19.8 Å². The van der Waals surface area contributed by atoms with E-state index < -0.39 is 13.0 Å². The van der Waals surface area contributed by atoms with E-state index in [0.717, 1.165) is 12.1 Å². The minimum Gasteiger partial charge on any atom is -0.490 e. The highest BCUT2D eigenvalue weighted by Gasteiger charge is 2.13. The van der Waals surface area contributed by atoms with Crippen molar-refractivity contribution in [1.29, 1.82) is 0 Å². The van der Waals surface area contributed by atoms with Crippen molar-refractivity contribution in [3.63, 3.8) is 0 Å². The summed E-state index contributed by atoms with van der Waals surface area (Å²) >= 11 is 0. The van der Waals surface area contributed by atoms with Gasteiger partial charge in [0.2, 0.25) is 0 Å². The number of ether oxygens (including phenoxy) is 2. The van der Waals surface area contributed by atoms with Crippen LogP contribution in [0.3, 0.4) is 0 Å². The van der Waals surface area contributed by atoms with E-state index in [2.05, 4.69) is 5.32 Å². The van der Waals surface area contributed by atoms with Crippen LogP contribution in [0.15, 0.2) is 18.2 Å². The average Bonchev–Trinajstić information content (AvgIpc) is 2.35. The molecule has 0 aliphatic carbocycles. The Kier molecular flexibility index (Phi) is 6.43. The molecule has 0 radical (unpaired) electrons. The van der Waals surface area contributed by atoms with E-state index in [1.807, 2.05) is 26.0 Å². The normalized spacial score (nSPS) is 10.7. The molecule has 0 spiro atoms. The SMILES string of the molecule is CCNCc1cccc(OCC)c1OCC(F)F. The van der Waals surface area contributed by atoms with Crippen LogP contribution >= 0.6 is 0 Å². The van der Waals surface area contributed by atoms with Gasteiger partial charge >= 0.3 is 0 Å². The maximum absolute atomic E-state index is 12.2. The summed E-state index contributed by atoms with van der Waals surface area (Å²) in [4.78, 5) is 0. The summed E-state index contributed by atoms with van der Waals surface area (Å²) in [6.07, 6.45) is -2.49. The third-order valence-corrected chi connectivity index (χ3v) is 2.28. The van der Waals surface area contributed by atoms with E-state index in [4.69, 9.17) is 9.47 Å². The van der Waals surface area contributed by atoms with E-state index in [1.54, 1.807) is 6.07 Å². The first-order valence-electron chi connectivity index (χ1n) is 6.05. The van der Waals surface area contributed by atoms with Crippen LogP contribution in [-0.2, 0) is 6.54 Å². The summed E-state index contributed by atoms with van der Waals surface area (Å²) in [5.74, 6) is 0.911. The Morgan fingerprint density at radius 3 is 2.61 bits per heavy atom. The maximum atomic E-state index is 12.2. The van der Waals surface area contributed by atoms with Crippen LogP contribution in [0.5, 0.6) is 11.5 Å². The van der Waals surface area contributed by atoms with Gasteiger partial charge in [-0.25, -0.2) is 8.78 Å². The van der Waals surface area contributed by atoms with Crippen molar-refractivity contribution in [3.05, 3.63) is 23.8 Å². The molecule has 0 aliphatic rings. The number of halogens is 2. The molecule has 0 unspecified atom stereocenters. The summed E-state index contributed by atoms with van der Waals surface area (Å²) < 4.78 is 35.0. The molecule has 0 saturated carbocycles. The van der Waals surface area contributed by atoms with Gasteiger partial charge in [-0.15, -0.1) is 0 Å². The second-order valence-electron chi connectivity index (χ2n) is 3.66. The Morgan fingerprint density at radius 2 is 2.00 bits per heavy atom. The molecule has 3 nitrogen and oxygen atoms in total. The van der Waals surface area contributed by atoms with Crippen LogP contribution in [0, 0.1) is 0 Å². The molecule has 1 rings (SSSR count). The Hall–Kier alpha value is -1.36. The zero-order chi connectivity index (χ0) is 13.4. The maximum Gasteiger partial charge on any atom is 0.272 e. The molecule has 5 heteroatoms. The minimum absolute atomic E-state index is 0.403. The number of benzene rings is 1. The average molecular weight is 259 g/mol. The monoisotopic (exact) mass is 259 g/mol. The molecular weight excluding hydrogens is 240 g/mol. The third kappa shape index (κ3) is 4.49. The van der Waals surface area contributed by atoms with Crippen LogP contribution in [-0.4, -0.2) is 26.2 Å². The van der Waals surface area contributed by atoms with Crippen molar-refractivity contribution in [3.8, 4) is 11.5 Å². The lowest BCUT2D eigenvalue weighted by atomic mass is 10.2. The molecule has 0 atom stereocenters. The van der Waals surface area contributed by atoms with Crippen LogP contribution in [0.4, 0.5) is 8.78 Å². The Bertz CT molecular complexity index is 359. The largest absolute Gasteiger partial charge is 0.490 e. The molecule has 1 aromatic rings. The smallest absolute Gasteiger partial charge is 0.272 e. The molecule has 0 bridgehead atoms. The van der Waals surface area contributed by atoms with E-state index in [-0.39, 0.29) is 0 Å². The summed E-state index contributed by atoms with van der Waals surface area (Å²) in [6.45, 7) is 5.03. The summed E-state index contributed by atoms with van der Waals surface area (Å²) in [7, 11) is 0. The Labute approximate surface area is 106 Å². The first-order chi connectivity index (χ1) is 8.69. The molecular formula is C13H19F2NO2. The van der Waals surface area contributed by atoms with Gasteiger partial charge in [-0.3, -0.25) is 0 Å². The lowest BCUT2D eigenvalue weighted by Gasteiger charge is -2.15. The van der Waals surface area contributed by atoms with Crippen molar-refractivity contribution in [2.24, 2.45) is 0 Å². The van der Waals surface area contributed by atoms with Crippen LogP contribution in [0.25, 0.3) is 0 Å². The zero-order valence-corrected chi connectivity index (χ0v) is 10.7. The van der Waals surface area contributed by atoms with Gasteiger partial charge in [0.05, 0.1) is 6.61 Å². The first kappa shape index (κ1) is 14.7. The number of alkyl halides is 2. The van der Waals surface area contributed by atoms with Crippen LogP contribution < -0.4 is 14.8 Å². The number of rotatable bonds is 8. The van der Waals surface area contributed by atoms with Gasteiger partial charge in [-0.05, 0) is 19.5 Å². The lowest BCUT2D eigenvalue weighted by Crippen LogP contribution is -2.15. The highest BCUT2D eigenvalue weighted by Crippen LogP contribution is 2.31. The predicted molar refractivity (Wildman–Crippen MR) is 66.5 cm³/mol. The molecule has 0 amide bonds. The van der Waals surface area contributed by atoms with Gasteiger partial charge in [0.1, 0.15) is 6.61 Å². The van der Waals surface area contributed by atoms with E-state index in [9.17, 15) is 8.78 Å². The lowest BCUT2D eigenvalue weighted by molar-refractivity contribution is 0.0795. The highest BCUT2D eigenvalue weighted by molar-refractivity contribution is 5.46. The van der Waals surface area contributed by atoms with E-state index >= 15 is 0 Å². The fourth-order valence-electron chi connectivity index (χ4n) is 1.54. The molecule has 1 N–H and O–H groups in total. The summed E-state index contributed by atoms with van der Waals surface area (Å²) in [6, 6.07) is 5.39. The fourth-order valence-corrected chi connectivity index (χ4v) is 1.54.